The van der Waals surface area contributed by atoms with Crippen molar-refractivity contribution < 1.29 is 18.8 Å². The van der Waals surface area contributed by atoms with E-state index < -0.39 is 0 Å². The molecule has 0 bridgehead atoms. The zero-order chi connectivity index (χ0) is 14.0. The fourth-order valence-corrected chi connectivity index (χ4v) is 2.75. The van der Waals surface area contributed by atoms with Crippen LogP contribution in [0, 0.1) is 6.92 Å². The van der Waals surface area contributed by atoms with Crippen molar-refractivity contribution >= 4 is 5.91 Å². The molecule has 1 saturated carbocycles. The number of carbonyl (C=O) groups excluding carboxylic acids is 1. The smallest absolute Gasteiger partial charge is 0.248 e. The number of rotatable bonds is 4. The summed E-state index contributed by atoms with van der Waals surface area (Å²) in [5.41, 5.74) is 0.755. The maximum Gasteiger partial charge on any atom is 0.248 e. The third-order valence-corrected chi connectivity index (χ3v) is 4.01. The van der Waals surface area contributed by atoms with Crippen LogP contribution >= 0.6 is 0 Å². The van der Waals surface area contributed by atoms with Crippen molar-refractivity contribution in [2.75, 3.05) is 26.3 Å². The number of aromatic nitrogens is 1. The molecule has 6 heteroatoms. The number of hydrogen-bond acceptors (Lipinski definition) is 5. The van der Waals surface area contributed by atoms with E-state index in [4.69, 9.17) is 14.0 Å². The first-order chi connectivity index (χ1) is 9.67. The molecule has 2 fully saturated rings. The van der Waals surface area contributed by atoms with Crippen molar-refractivity contribution in [1.82, 2.24) is 10.1 Å². The van der Waals surface area contributed by atoms with Gasteiger partial charge in [-0.1, -0.05) is 5.16 Å². The number of amides is 1. The Labute approximate surface area is 118 Å². The Hall–Kier alpha value is -1.40. The number of hydrogen-bond donors (Lipinski definition) is 0. The first-order valence-electron chi connectivity index (χ1n) is 7.09. The van der Waals surface area contributed by atoms with Crippen molar-refractivity contribution in [2.24, 2.45) is 0 Å². The van der Waals surface area contributed by atoms with Crippen LogP contribution in [-0.2, 0) is 20.9 Å². The van der Waals surface area contributed by atoms with Gasteiger partial charge in [-0.3, -0.25) is 4.79 Å². The molecular weight excluding hydrogens is 260 g/mol. The van der Waals surface area contributed by atoms with Gasteiger partial charge in [0, 0.05) is 19.2 Å². The van der Waals surface area contributed by atoms with Crippen LogP contribution in [0.4, 0.5) is 0 Å². The van der Waals surface area contributed by atoms with Crippen molar-refractivity contribution in [3.8, 4) is 0 Å². The van der Waals surface area contributed by atoms with E-state index in [1.807, 2.05) is 17.9 Å². The van der Waals surface area contributed by atoms with Gasteiger partial charge in [0.15, 0.2) is 5.76 Å². The molecule has 0 unspecified atom stereocenters. The van der Waals surface area contributed by atoms with E-state index in [0.717, 1.165) is 18.5 Å². The van der Waals surface area contributed by atoms with Crippen molar-refractivity contribution in [3.63, 3.8) is 0 Å². The first-order valence-corrected chi connectivity index (χ1v) is 7.09. The number of ether oxygens (including phenoxy) is 2. The Kier molecular flexibility index (Phi) is 3.76. The topological polar surface area (TPSA) is 64.8 Å². The van der Waals surface area contributed by atoms with Crippen LogP contribution < -0.4 is 0 Å². The van der Waals surface area contributed by atoms with Gasteiger partial charge >= 0.3 is 0 Å². The summed E-state index contributed by atoms with van der Waals surface area (Å²) in [6.45, 7) is 4.21. The standard InChI is InChI=1S/C14H20N2O4/c1-11-7-12(20-15-11)8-18-9-13(17)16-5-6-19-14(10-16)3-2-4-14/h7H,2-6,8-10H2,1H3. The van der Waals surface area contributed by atoms with Crippen molar-refractivity contribution in [2.45, 2.75) is 38.4 Å². The second-order valence-electron chi connectivity index (χ2n) is 5.63. The van der Waals surface area contributed by atoms with Crippen LogP contribution in [0.5, 0.6) is 0 Å². The van der Waals surface area contributed by atoms with Crippen LogP contribution in [0.15, 0.2) is 10.6 Å². The van der Waals surface area contributed by atoms with Gasteiger partial charge in [0.25, 0.3) is 0 Å². The molecule has 20 heavy (non-hydrogen) atoms. The minimum absolute atomic E-state index is 0.0239. The fraction of sp³-hybridized carbons (Fsp3) is 0.714. The van der Waals surface area contributed by atoms with Gasteiger partial charge in [0.1, 0.15) is 13.2 Å². The Morgan fingerprint density at radius 2 is 2.40 bits per heavy atom. The number of carbonyl (C=O) groups is 1. The number of nitrogens with zero attached hydrogens (tertiary/aromatic N) is 2. The summed E-state index contributed by atoms with van der Waals surface area (Å²) >= 11 is 0. The first kappa shape index (κ1) is 13.6. The van der Waals surface area contributed by atoms with Gasteiger partial charge in [0.05, 0.1) is 17.9 Å². The molecule has 6 nitrogen and oxygen atoms in total. The second kappa shape index (κ2) is 5.54. The van der Waals surface area contributed by atoms with E-state index in [2.05, 4.69) is 5.16 Å². The fourth-order valence-electron chi connectivity index (χ4n) is 2.75. The van der Waals surface area contributed by atoms with Crippen molar-refractivity contribution in [3.05, 3.63) is 17.5 Å². The molecule has 1 spiro atoms. The van der Waals surface area contributed by atoms with Crippen LogP contribution in [0.1, 0.15) is 30.7 Å². The van der Waals surface area contributed by atoms with E-state index in [9.17, 15) is 4.79 Å². The summed E-state index contributed by atoms with van der Waals surface area (Å²) in [5.74, 6) is 0.670. The van der Waals surface area contributed by atoms with Gasteiger partial charge in [-0.15, -0.1) is 0 Å². The SMILES string of the molecule is Cc1cc(COCC(=O)N2CCOC3(CCC3)C2)on1. The van der Waals surface area contributed by atoms with Crippen LogP contribution in [0.25, 0.3) is 0 Å². The predicted octanol–water partition coefficient (Wildman–Crippen LogP) is 1.28. The number of aryl methyl sites for hydroxylation is 1. The lowest BCUT2D eigenvalue weighted by Crippen LogP contribution is -2.57. The highest BCUT2D eigenvalue weighted by molar-refractivity contribution is 5.77. The van der Waals surface area contributed by atoms with Crippen LogP contribution in [0.3, 0.4) is 0 Å². The molecule has 1 aliphatic heterocycles. The summed E-state index contributed by atoms with van der Waals surface area (Å²) in [6, 6.07) is 1.81. The monoisotopic (exact) mass is 280 g/mol. The average molecular weight is 280 g/mol. The molecule has 110 valence electrons. The molecule has 1 aliphatic carbocycles. The summed E-state index contributed by atoms with van der Waals surface area (Å²) in [6.07, 6.45) is 3.33. The largest absolute Gasteiger partial charge is 0.371 e. The average Bonchev–Trinajstić information content (AvgIpc) is 2.83. The minimum Gasteiger partial charge on any atom is -0.371 e. The molecule has 0 atom stereocenters. The van der Waals surface area contributed by atoms with Gasteiger partial charge in [0.2, 0.25) is 5.91 Å². The maximum absolute atomic E-state index is 12.1. The highest BCUT2D eigenvalue weighted by Gasteiger charge is 2.43. The summed E-state index contributed by atoms with van der Waals surface area (Å²) in [5, 5.41) is 3.78. The molecule has 3 rings (SSSR count). The zero-order valence-electron chi connectivity index (χ0n) is 11.8. The quantitative estimate of drug-likeness (QED) is 0.831. The lowest BCUT2D eigenvalue weighted by molar-refractivity contribution is -0.170. The van der Waals surface area contributed by atoms with Crippen molar-refractivity contribution in [1.29, 1.82) is 0 Å². The zero-order valence-corrected chi connectivity index (χ0v) is 11.8. The Morgan fingerprint density at radius 3 is 3.05 bits per heavy atom. The van der Waals surface area contributed by atoms with Gasteiger partial charge in [-0.2, -0.15) is 0 Å². The predicted molar refractivity (Wildman–Crippen MR) is 70.0 cm³/mol. The summed E-state index contributed by atoms with van der Waals surface area (Å²) in [7, 11) is 0. The van der Waals surface area contributed by atoms with Crippen LogP contribution in [-0.4, -0.2) is 47.9 Å². The normalized spacial score (nSPS) is 20.9. The molecule has 0 radical (unpaired) electrons. The minimum atomic E-state index is -0.0596. The Balaban J connectivity index is 1.44. The van der Waals surface area contributed by atoms with Gasteiger partial charge in [-0.05, 0) is 26.2 Å². The molecule has 1 aromatic rings. The molecule has 0 N–H and O–H groups in total. The molecule has 0 aromatic carbocycles. The van der Waals surface area contributed by atoms with E-state index >= 15 is 0 Å². The maximum atomic E-state index is 12.1. The Morgan fingerprint density at radius 1 is 1.55 bits per heavy atom. The van der Waals surface area contributed by atoms with Gasteiger partial charge < -0.3 is 18.9 Å². The van der Waals surface area contributed by atoms with E-state index in [0.29, 0.717) is 25.5 Å². The molecule has 1 saturated heterocycles. The van der Waals surface area contributed by atoms with Crippen LogP contribution in [0.2, 0.25) is 0 Å². The molecule has 2 aliphatic rings. The third-order valence-electron chi connectivity index (χ3n) is 4.01. The Bertz CT molecular complexity index is 481. The molecule has 2 heterocycles. The molecular formula is C14H20N2O4. The lowest BCUT2D eigenvalue weighted by atomic mass is 9.79. The number of morpholine rings is 1. The lowest BCUT2D eigenvalue weighted by Gasteiger charge is -2.48. The summed E-state index contributed by atoms with van der Waals surface area (Å²) in [4.78, 5) is 14.0. The molecule has 1 amide bonds. The second-order valence-corrected chi connectivity index (χ2v) is 5.63. The third kappa shape index (κ3) is 2.86. The highest BCUT2D eigenvalue weighted by Crippen LogP contribution is 2.38. The highest BCUT2D eigenvalue weighted by atomic mass is 16.5. The summed E-state index contributed by atoms with van der Waals surface area (Å²) < 4.78 is 16.2. The van der Waals surface area contributed by atoms with E-state index in [-0.39, 0.29) is 24.7 Å². The van der Waals surface area contributed by atoms with E-state index in [1.165, 1.54) is 6.42 Å². The molecule has 1 aromatic heterocycles. The van der Waals surface area contributed by atoms with Gasteiger partial charge in [-0.25, -0.2) is 0 Å². The van der Waals surface area contributed by atoms with E-state index in [1.54, 1.807) is 0 Å².